The van der Waals surface area contributed by atoms with Crippen LogP contribution in [0.15, 0.2) is 16.5 Å². The van der Waals surface area contributed by atoms with Crippen molar-refractivity contribution in [2.75, 3.05) is 7.05 Å². The number of aryl methyl sites for hydroxylation is 1. The lowest BCUT2D eigenvalue weighted by Crippen LogP contribution is -2.38. The van der Waals surface area contributed by atoms with Crippen LogP contribution >= 0.6 is 0 Å². The number of nitrogens with zero attached hydrogens (tertiary/aromatic N) is 1. The Morgan fingerprint density at radius 2 is 2.06 bits per heavy atom. The van der Waals surface area contributed by atoms with Gasteiger partial charge in [-0.3, -0.25) is 4.79 Å². The van der Waals surface area contributed by atoms with Gasteiger partial charge in [0.25, 0.3) is 0 Å². The third-order valence-electron chi connectivity index (χ3n) is 3.76. The highest BCUT2D eigenvalue weighted by molar-refractivity contribution is 5.82. The molecule has 0 bridgehead atoms. The average Bonchev–Trinajstić information content (AvgIpc) is 2.88. The molecule has 94 valence electrons. The monoisotopic (exact) mass is 235 g/mol. The highest BCUT2D eigenvalue weighted by Gasteiger charge is 2.38. The molecule has 0 unspecified atom stereocenters. The summed E-state index contributed by atoms with van der Waals surface area (Å²) in [6, 6.07) is 3.88. The smallest absolute Gasteiger partial charge is 0.228 e. The number of furan rings is 1. The molecule has 1 saturated carbocycles. The fraction of sp³-hybridized carbons (Fsp3) is 0.643. The molecule has 1 fully saturated rings. The highest BCUT2D eigenvalue weighted by atomic mass is 16.3. The summed E-state index contributed by atoms with van der Waals surface area (Å²) in [5.74, 6) is 2.01. The zero-order chi connectivity index (χ0) is 12.5. The second-order valence-electron chi connectivity index (χ2n) is 5.44. The number of hydrogen-bond acceptors (Lipinski definition) is 2. The van der Waals surface area contributed by atoms with E-state index >= 15 is 0 Å². The number of hydrogen-bond donors (Lipinski definition) is 0. The molecule has 2 rings (SSSR count). The predicted octanol–water partition coefficient (Wildman–Crippen LogP) is 3.13. The number of carbonyl (C=O) groups excluding carboxylic acids is 1. The van der Waals surface area contributed by atoms with Crippen molar-refractivity contribution in [2.45, 2.75) is 46.1 Å². The maximum atomic E-state index is 12.4. The molecule has 3 nitrogen and oxygen atoms in total. The van der Waals surface area contributed by atoms with Gasteiger partial charge >= 0.3 is 0 Å². The molecular formula is C14H21NO2. The molecule has 0 spiro atoms. The van der Waals surface area contributed by atoms with Gasteiger partial charge in [-0.15, -0.1) is 0 Å². The summed E-state index contributed by atoms with van der Waals surface area (Å²) >= 11 is 0. The van der Waals surface area contributed by atoms with Gasteiger partial charge in [0.05, 0.1) is 6.54 Å². The number of carbonyl (C=O) groups is 1. The van der Waals surface area contributed by atoms with Crippen molar-refractivity contribution in [1.82, 2.24) is 4.90 Å². The largest absolute Gasteiger partial charge is 0.464 e. The first-order valence-electron chi connectivity index (χ1n) is 6.32. The molecule has 1 aromatic rings. The molecule has 0 aliphatic heterocycles. The van der Waals surface area contributed by atoms with Crippen LogP contribution in [0, 0.1) is 12.3 Å². The van der Waals surface area contributed by atoms with Crippen LogP contribution in [0.2, 0.25) is 0 Å². The van der Waals surface area contributed by atoms with Crippen LogP contribution in [-0.4, -0.2) is 17.9 Å². The second-order valence-corrected chi connectivity index (χ2v) is 5.44. The Bertz CT molecular complexity index is 402. The Morgan fingerprint density at radius 3 is 2.59 bits per heavy atom. The molecule has 0 atom stereocenters. The zero-order valence-corrected chi connectivity index (χ0v) is 11.0. The summed E-state index contributed by atoms with van der Waals surface area (Å²) in [5.41, 5.74) is -0.142. The van der Waals surface area contributed by atoms with Crippen molar-refractivity contribution < 1.29 is 9.21 Å². The van der Waals surface area contributed by atoms with Crippen LogP contribution in [0.3, 0.4) is 0 Å². The van der Waals surface area contributed by atoms with E-state index < -0.39 is 0 Å². The van der Waals surface area contributed by atoms with Gasteiger partial charge < -0.3 is 9.32 Å². The lowest BCUT2D eigenvalue weighted by atomic mass is 9.87. The van der Waals surface area contributed by atoms with Crippen LogP contribution in [0.5, 0.6) is 0 Å². The van der Waals surface area contributed by atoms with Gasteiger partial charge in [-0.1, -0.05) is 19.8 Å². The summed E-state index contributed by atoms with van der Waals surface area (Å²) in [4.78, 5) is 14.2. The molecule has 1 amide bonds. The molecule has 1 heterocycles. The predicted molar refractivity (Wildman–Crippen MR) is 66.5 cm³/mol. The van der Waals surface area contributed by atoms with Crippen molar-refractivity contribution in [1.29, 1.82) is 0 Å². The van der Waals surface area contributed by atoms with E-state index in [9.17, 15) is 4.79 Å². The van der Waals surface area contributed by atoms with Gasteiger partial charge in [0.15, 0.2) is 0 Å². The Morgan fingerprint density at radius 1 is 1.41 bits per heavy atom. The Hall–Kier alpha value is -1.25. The van der Waals surface area contributed by atoms with Gasteiger partial charge in [0, 0.05) is 12.5 Å². The minimum Gasteiger partial charge on any atom is -0.464 e. The van der Waals surface area contributed by atoms with E-state index in [0.717, 1.165) is 24.4 Å². The molecule has 3 heteroatoms. The lowest BCUT2D eigenvalue weighted by Gasteiger charge is -2.28. The molecule has 1 aliphatic rings. The molecule has 1 aliphatic carbocycles. The van der Waals surface area contributed by atoms with Crippen molar-refractivity contribution in [3.05, 3.63) is 23.7 Å². The first-order valence-corrected chi connectivity index (χ1v) is 6.32. The standard InChI is InChI=1S/C14H21NO2/c1-11-6-7-12(17-11)10-15(3)13(16)14(2)8-4-5-9-14/h6-7H,4-5,8-10H2,1-3H3. The van der Waals surface area contributed by atoms with E-state index in [-0.39, 0.29) is 11.3 Å². The lowest BCUT2D eigenvalue weighted by molar-refractivity contribution is -0.140. The van der Waals surface area contributed by atoms with Crippen molar-refractivity contribution in [3.63, 3.8) is 0 Å². The number of rotatable bonds is 3. The molecular weight excluding hydrogens is 214 g/mol. The van der Waals surface area contributed by atoms with Crippen LogP contribution < -0.4 is 0 Å². The molecule has 1 aromatic heterocycles. The summed E-state index contributed by atoms with van der Waals surface area (Å²) in [6.45, 7) is 4.58. The van der Waals surface area contributed by atoms with Crippen molar-refractivity contribution in [2.24, 2.45) is 5.41 Å². The molecule has 0 saturated heterocycles. The van der Waals surface area contributed by atoms with Gasteiger partial charge in [0.2, 0.25) is 5.91 Å². The van der Waals surface area contributed by atoms with E-state index in [2.05, 4.69) is 6.92 Å². The SMILES string of the molecule is Cc1ccc(CN(C)C(=O)C2(C)CCCC2)o1. The Kier molecular flexibility index (Phi) is 3.27. The maximum absolute atomic E-state index is 12.4. The van der Waals surface area contributed by atoms with E-state index in [4.69, 9.17) is 4.42 Å². The van der Waals surface area contributed by atoms with Crippen molar-refractivity contribution >= 4 is 5.91 Å². The summed E-state index contributed by atoms with van der Waals surface area (Å²) in [7, 11) is 1.86. The third-order valence-corrected chi connectivity index (χ3v) is 3.76. The summed E-state index contributed by atoms with van der Waals surface area (Å²) < 4.78 is 5.51. The maximum Gasteiger partial charge on any atom is 0.228 e. The van der Waals surface area contributed by atoms with Gasteiger partial charge in [-0.2, -0.15) is 0 Å². The summed E-state index contributed by atoms with van der Waals surface area (Å²) in [5, 5.41) is 0. The number of amides is 1. The first-order chi connectivity index (χ1) is 8.01. The molecule has 0 radical (unpaired) electrons. The van der Waals surface area contributed by atoms with Gasteiger partial charge in [0.1, 0.15) is 11.5 Å². The van der Waals surface area contributed by atoms with Gasteiger partial charge in [-0.25, -0.2) is 0 Å². The minimum atomic E-state index is -0.142. The topological polar surface area (TPSA) is 33.5 Å². The summed E-state index contributed by atoms with van der Waals surface area (Å²) in [6.07, 6.45) is 4.40. The zero-order valence-electron chi connectivity index (χ0n) is 11.0. The van der Waals surface area contributed by atoms with E-state index in [1.165, 1.54) is 12.8 Å². The highest BCUT2D eigenvalue weighted by Crippen LogP contribution is 2.39. The molecule has 17 heavy (non-hydrogen) atoms. The second kappa shape index (κ2) is 4.55. The van der Waals surface area contributed by atoms with Crippen LogP contribution in [-0.2, 0) is 11.3 Å². The quantitative estimate of drug-likeness (QED) is 0.806. The first kappa shape index (κ1) is 12.2. The van der Waals surface area contributed by atoms with Crippen molar-refractivity contribution in [3.8, 4) is 0 Å². The average molecular weight is 235 g/mol. The molecule has 0 N–H and O–H groups in total. The fourth-order valence-corrected chi connectivity index (χ4v) is 2.71. The third kappa shape index (κ3) is 2.54. The van der Waals surface area contributed by atoms with E-state index in [1.54, 1.807) is 4.90 Å². The fourth-order valence-electron chi connectivity index (χ4n) is 2.71. The van der Waals surface area contributed by atoms with Crippen LogP contribution in [0.4, 0.5) is 0 Å². The Labute approximate surface area is 103 Å². The molecule has 0 aromatic carbocycles. The Balaban J connectivity index is 2.00. The minimum absolute atomic E-state index is 0.142. The van der Waals surface area contributed by atoms with E-state index in [0.29, 0.717) is 6.54 Å². The van der Waals surface area contributed by atoms with Crippen LogP contribution in [0.25, 0.3) is 0 Å². The van der Waals surface area contributed by atoms with E-state index in [1.807, 2.05) is 26.1 Å². The van der Waals surface area contributed by atoms with Gasteiger partial charge in [-0.05, 0) is 31.9 Å². The van der Waals surface area contributed by atoms with Crippen LogP contribution in [0.1, 0.15) is 44.1 Å². The normalized spacial score (nSPS) is 18.3.